The summed E-state index contributed by atoms with van der Waals surface area (Å²) in [6.45, 7) is 0. The number of fused-ring (bicyclic) bond motifs is 1. The zero-order valence-electron chi connectivity index (χ0n) is 13.3. The molecular weight excluding hydrogens is 320 g/mol. The van der Waals surface area contributed by atoms with Crippen LogP contribution in [0.1, 0.15) is 10.4 Å². The Morgan fingerprint density at radius 3 is 2.84 bits per heavy atom. The number of carboxylic acids is 1. The maximum absolute atomic E-state index is 11.4. The number of aromatic amines is 1. The number of pyridine rings is 1. The van der Waals surface area contributed by atoms with Crippen LogP contribution in [-0.4, -0.2) is 35.8 Å². The number of nitrogens with zero attached hydrogens (tertiary/aromatic N) is 4. The van der Waals surface area contributed by atoms with Gasteiger partial charge in [-0.05, 0) is 18.2 Å². The van der Waals surface area contributed by atoms with Gasteiger partial charge in [0, 0.05) is 30.6 Å². The van der Waals surface area contributed by atoms with E-state index in [9.17, 15) is 9.90 Å². The average molecular weight is 334 g/mol. The molecule has 0 amide bonds. The van der Waals surface area contributed by atoms with E-state index in [-0.39, 0.29) is 5.56 Å². The van der Waals surface area contributed by atoms with Crippen LogP contribution in [0.4, 0.5) is 5.82 Å². The van der Waals surface area contributed by atoms with Crippen LogP contribution in [0.5, 0.6) is 0 Å². The fraction of sp³-hybridized carbons (Fsp3) is 0.0588. The fourth-order valence-electron chi connectivity index (χ4n) is 2.73. The van der Waals surface area contributed by atoms with Gasteiger partial charge in [-0.1, -0.05) is 6.07 Å². The number of nitrogens with two attached hydrogens (primary N) is 1. The highest BCUT2D eigenvalue weighted by molar-refractivity contribution is 6.01. The first-order valence-corrected chi connectivity index (χ1v) is 7.50. The van der Waals surface area contributed by atoms with E-state index in [1.165, 1.54) is 6.07 Å². The van der Waals surface area contributed by atoms with Crippen LogP contribution in [-0.2, 0) is 7.05 Å². The minimum absolute atomic E-state index is 0.134. The van der Waals surface area contributed by atoms with Crippen molar-refractivity contribution < 1.29 is 9.90 Å². The minimum Gasteiger partial charge on any atom is -0.478 e. The van der Waals surface area contributed by atoms with E-state index in [4.69, 9.17) is 5.73 Å². The number of carbonyl (C=O) groups is 1. The summed E-state index contributed by atoms with van der Waals surface area (Å²) < 4.78 is 1.70. The minimum atomic E-state index is -1.03. The normalized spacial score (nSPS) is 11.1. The third kappa shape index (κ3) is 2.49. The molecule has 0 spiro atoms. The Hall–Kier alpha value is -3.68. The lowest BCUT2D eigenvalue weighted by atomic mass is 10.1. The van der Waals surface area contributed by atoms with Crippen LogP contribution in [0.3, 0.4) is 0 Å². The molecule has 0 fully saturated rings. The number of aromatic nitrogens is 5. The van der Waals surface area contributed by atoms with Crippen molar-refractivity contribution in [2.24, 2.45) is 7.05 Å². The first-order chi connectivity index (χ1) is 12.0. The molecule has 4 aromatic rings. The second kappa shape index (κ2) is 5.45. The zero-order valence-corrected chi connectivity index (χ0v) is 13.3. The largest absolute Gasteiger partial charge is 0.478 e. The van der Waals surface area contributed by atoms with Crippen molar-refractivity contribution >= 4 is 22.8 Å². The van der Waals surface area contributed by atoms with Gasteiger partial charge < -0.3 is 15.8 Å². The van der Waals surface area contributed by atoms with Crippen LogP contribution in [0.15, 0.2) is 42.9 Å². The predicted molar refractivity (Wildman–Crippen MR) is 92.9 cm³/mol. The third-order valence-electron chi connectivity index (χ3n) is 3.95. The van der Waals surface area contributed by atoms with Crippen LogP contribution < -0.4 is 5.73 Å². The van der Waals surface area contributed by atoms with Gasteiger partial charge in [0.25, 0.3) is 0 Å². The smallest absolute Gasteiger partial charge is 0.337 e. The van der Waals surface area contributed by atoms with Crippen molar-refractivity contribution in [3.8, 4) is 22.5 Å². The Bertz CT molecular complexity index is 1110. The van der Waals surface area contributed by atoms with Gasteiger partial charge in [0.05, 0.1) is 22.8 Å². The summed E-state index contributed by atoms with van der Waals surface area (Å²) in [5.41, 5.74) is 9.51. The molecule has 25 heavy (non-hydrogen) atoms. The Morgan fingerprint density at radius 1 is 1.28 bits per heavy atom. The molecule has 3 heterocycles. The van der Waals surface area contributed by atoms with Crippen LogP contribution in [0.2, 0.25) is 0 Å². The van der Waals surface area contributed by atoms with Crippen LogP contribution in [0.25, 0.3) is 33.5 Å². The molecule has 0 aliphatic rings. The van der Waals surface area contributed by atoms with Crippen molar-refractivity contribution in [3.63, 3.8) is 0 Å². The molecule has 0 bridgehead atoms. The topological polar surface area (TPSA) is 123 Å². The van der Waals surface area contributed by atoms with E-state index >= 15 is 0 Å². The summed E-state index contributed by atoms with van der Waals surface area (Å²) in [6, 6.07) is 6.81. The van der Waals surface area contributed by atoms with E-state index in [1.807, 2.05) is 19.3 Å². The molecule has 8 nitrogen and oxygen atoms in total. The summed E-state index contributed by atoms with van der Waals surface area (Å²) in [5.74, 6) is -0.248. The standard InChI is InChI=1S/C17H14N6O2/c1-23-8-10(7-20-23)9-5-12(15(18)19-6-9)16-21-13-4-2-3-11(17(24)25)14(13)22-16/h2-8H,1H3,(H2,18,19)(H,21,22)(H,24,25). The van der Waals surface area contributed by atoms with Gasteiger partial charge in [-0.25, -0.2) is 14.8 Å². The number of imidazole rings is 1. The highest BCUT2D eigenvalue weighted by atomic mass is 16.4. The number of hydrogen-bond donors (Lipinski definition) is 3. The third-order valence-corrected chi connectivity index (χ3v) is 3.95. The summed E-state index contributed by atoms with van der Waals surface area (Å²) in [7, 11) is 1.84. The van der Waals surface area contributed by atoms with Gasteiger partial charge in [0.15, 0.2) is 0 Å². The van der Waals surface area contributed by atoms with Crippen molar-refractivity contribution in [1.29, 1.82) is 0 Å². The van der Waals surface area contributed by atoms with Gasteiger partial charge in [0.1, 0.15) is 17.2 Å². The molecule has 8 heteroatoms. The number of nitrogens with one attached hydrogen (secondary N) is 1. The lowest BCUT2D eigenvalue weighted by molar-refractivity contribution is 0.0699. The maximum Gasteiger partial charge on any atom is 0.337 e. The number of hydrogen-bond acceptors (Lipinski definition) is 5. The first-order valence-electron chi connectivity index (χ1n) is 7.50. The molecule has 3 aromatic heterocycles. The van der Waals surface area contributed by atoms with Gasteiger partial charge in [-0.3, -0.25) is 4.68 Å². The quantitative estimate of drug-likeness (QED) is 0.528. The predicted octanol–water partition coefficient (Wildman–Crippen LogP) is 2.31. The number of rotatable bonds is 3. The Balaban J connectivity index is 1.88. The SMILES string of the molecule is Cn1cc(-c2cnc(N)c(-c3nc4c(C(=O)O)cccc4[nH]3)c2)cn1. The molecule has 0 saturated carbocycles. The Kier molecular flexibility index (Phi) is 3.24. The number of carboxylic acid groups (broad SMARTS) is 1. The van der Waals surface area contributed by atoms with Crippen molar-refractivity contribution in [2.75, 3.05) is 5.73 Å². The highest BCUT2D eigenvalue weighted by Gasteiger charge is 2.16. The molecule has 4 rings (SSSR count). The molecule has 4 N–H and O–H groups in total. The number of nitrogen functional groups attached to an aromatic ring is 1. The van der Waals surface area contributed by atoms with Gasteiger partial charge in [-0.15, -0.1) is 0 Å². The van der Waals surface area contributed by atoms with Crippen LogP contribution in [0, 0.1) is 0 Å². The molecule has 124 valence electrons. The first kappa shape index (κ1) is 14.9. The maximum atomic E-state index is 11.4. The Morgan fingerprint density at radius 2 is 2.12 bits per heavy atom. The molecule has 0 aliphatic heterocycles. The molecule has 0 unspecified atom stereocenters. The molecule has 1 aromatic carbocycles. The molecule has 0 aliphatic carbocycles. The van der Waals surface area contributed by atoms with E-state index in [0.29, 0.717) is 28.2 Å². The van der Waals surface area contributed by atoms with E-state index in [0.717, 1.165) is 11.1 Å². The molecule has 0 radical (unpaired) electrons. The number of para-hydroxylation sites is 1. The summed E-state index contributed by atoms with van der Waals surface area (Å²) >= 11 is 0. The monoisotopic (exact) mass is 334 g/mol. The van der Waals surface area contributed by atoms with Gasteiger partial charge in [0.2, 0.25) is 0 Å². The highest BCUT2D eigenvalue weighted by Crippen LogP contribution is 2.29. The van der Waals surface area contributed by atoms with Crippen molar-refractivity contribution in [3.05, 3.63) is 48.4 Å². The lowest BCUT2D eigenvalue weighted by Crippen LogP contribution is -1.97. The van der Waals surface area contributed by atoms with Crippen LogP contribution >= 0.6 is 0 Å². The van der Waals surface area contributed by atoms with E-state index < -0.39 is 5.97 Å². The lowest BCUT2D eigenvalue weighted by Gasteiger charge is -2.04. The molecular formula is C17H14N6O2. The molecule has 0 atom stereocenters. The van der Waals surface area contributed by atoms with Crippen molar-refractivity contribution in [2.45, 2.75) is 0 Å². The average Bonchev–Trinajstić information content (AvgIpc) is 3.20. The van der Waals surface area contributed by atoms with Gasteiger partial charge in [-0.2, -0.15) is 5.10 Å². The number of aromatic carboxylic acids is 1. The fourth-order valence-corrected chi connectivity index (χ4v) is 2.73. The van der Waals surface area contributed by atoms with E-state index in [2.05, 4.69) is 20.1 Å². The number of aryl methyl sites for hydroxylation is 1. The van der Waals surface area contributed by atoms with Gasteiger partial charge >= 0.3 is 5.97 Å². The second-order valence-electron chi connectivity index (χ2n) is 5.65. The summed E-state index contributed by atoms with van der Waals surface area (Å²) in [6.07, 6.45) is 5.28. The Labute approximate surface area is 142 Å². The number of anilines is 1. The second-order valence-corrected chi connectivity index (χ2v) is 5.65. The summed E-state index contributed by atoms with van der Waals surface area (Å²) in [4.78, 5) is 23.1. The summed E-state index contributed by atoms with van der Waals surface area (Å²) in [5, 5.41) is 13.5. The zero-order chi connectivity index (χ0) is 17.6. The number of H-pyrrole nitrogens is 1. The number of benzene rings is 1. The molecule has 0 saturated heterocycles. The van der Waals surface area contributed by atoms with E-state index in [1.54, 1.807) is 29.2 Å². The van der Waals surface area contributed by atoms with Crippen molar-refractivity contribution in [1.82, 2.24) is 24.7 Å².